The lowest BCUT2D eigenvalue weighted by Crippen LogP contribution is -2.00. The van der Waals surface area contributed by atoms with E-state index in [0.29, 0.717) is 17.2 Å². The molecule has 1 N–H and O–H groups in total. The van der Waals surface area contributed by atoms with Crippen LogP contribution in [0.3, 0.4) is 0 Å². The molecule has 116 valence electrons. The summed E-state index contributed by atoms with van der Waals surface area (Å²) in [7, 11) is 0. The minimum absolute atomic E-state index is 0.345. The smallest absolute Gasteiger partial charge is 0.165 e. The van der Waals surface area contributed by atoms with Gasteiger partial charge in [-0.15, -0.1) is 0 Å². The first-order chi connectivity index (χ1) is 11.8. The van der Waals surface area contributed by atoms with Gasteiger partial charge in [0, 0.05) is 23.5 Å². The fourth-order valence-electron chi connectivity index (χ4n) is 2.51. The average Bonchev–Trinajstić information content (AvgIpc) is 2.63. The van der Waals surface area contributed by atoms with Crippen molar-refractivity contribution in [2.24, 2.45) is 0 Å². The number of aromatic nitrogens is 3. The third kappa shape index (κ3) is 2.67. The maximum absolute atomic E-state index is 14.1. The Bertz CT molecular complexity index is 1000. The molecule has 4 nitrogen and oxygen atoms in total. The van der Waals surface area contributed by atoms with Crippen LogP contribution in [0.25, 0.3) is 22.3 Å². The summed E-state index contributed by atoms with van der Waals surface area (Å²) in [6, 6.07) is 17.8. The number of rotatable bonds is 3. The van der Waals surface area contributed by atoms with Crippen molar-refractivity contribution >= 4 is 22.4 Å². The molecule has 0 saturated heterocycles. The first kappa shape index (κ1) is 14.3. The molecule has 2 heterocycles. The summed E-state index contributed by atoms with van der Waals surface area (Å²) in [6.07, 6.45) is 3.40. The van der Waals surface area contributed by atoms with Crippen LogP contribution in [-0.2, 0) is 0 Å². The van der Waals surface area contributed by atoms with Crippen molar-refractivity contribution in [2.45, 2.75) is 0 Å². The molecule has 2 aromatic heterocycles. The summed E-state index contributed by atoms with van der Waals surface area (Å²) >= 11 is 0. The molecule has 0 atom stereocenters. The second-order valence-corrected chi connectivity index (χ2v) is 5.25. The van der Waals surface area contributed by atoms with Crippen molar-refractivity contribution < 1.29 is 4.39 Å². The van der Waals surface area contributed by atoms with Crippen LogP contribution in [0.4, 0.5) is 15.9 Å². The van der Waals surface area contributed by atoms with E-state index in [1.165, 1.54) is 6.07 Å². The largest absolute Gasteiger partial charge is 0.340 e. The standard InChI is InChI=1S/C19H13FN4/c20-16-7-3-1-5-14(16)18-23-17-8-4-2-6-15(17)19(24-18)22-13-9-11-21-12-10-13/h1-12H,(H,21,22,23,24). The molecule has 0 unspecified atom stereocenters. The number of benzene rings is 2. The third-order valence-corrected chi connectivity index (χ3v) is 3.66. The molecule has 2 aromatic carbocycles. The van der Waals surface area contributed by atoms with Crippen LogP contribution in [0, 0.1) is 5.82 Å². The Kier molecular flexibility index (Phi) is 3.59. The monoisotopic (exact) mass is 316 g/mol. The first-order valence-electron chi connectivity index (χ1n) is 7.50. The van der Waals surface area contributed by atoms with Gasteiger partial charge in [-0.1, -0.05) is 24.3 Å². The van der Waals surface area contributed by atoms with Crippen molar-refractivity contribution in [1.29, 1.82) is 0 Å². The number of nitrogens with zero attached hydrogens (tertiary/aromatic N) is 3. The van der Waals surface area contributed by atoms with Gasteiger partial charge >= 0.3 is 0 Å². The molecule has 4 rings (SSSR count). The van der Waals surface area contributed by atoms with Crippen LogP contribution in [0.15, 0.2) is 73.1 Å². The summed E-state index contributed by atoms with van der Waals surface area (Å²) in [5, 5.41) is 4.13. The van der Waals surface area contributed by atoms with Crippen molar-refractivity contribution in [3.05, 3.63) is 78.9 Å². The van der Waals surface area contributed by atoms with Crippen LogP contribution in [0.5, 0.6) is 0 Å². The summed E-state index contributed by atoms with van der Waals surface area (Å²) in [4.78, 5) is 13.1. The Morgan fingerprint density at radius 1 is 0.792 bits per heavy atom. The molecular weight excluding hydrogens is 303 g/mol. The predicted octanol–water partition coefficient (Wildman–Crippen LogP) is 4.57. The van der Waals surface area contributed by atoms with E-state index in [4.69, 9.17) is 0 Å². The molecule has 0 radical (unpaired) electrons. The third-order valence-electron chi connectivity index (χ3n) is 3.66. The van der Waals surface area contributed by atoms with Gasteiger partial charge in [0.1, 0.15) is 11.6 Å². The lowest BCUT2D eigenvalue weighted by molar-refractivity contribution is 0.630. The van der Waals surface area contributed by atoms with Gasteiger partial charge in [-0.2, -0.15) is 0 Å². The van der Waals surface area contributed by atoms with Crippen molar-refractivity contribution in [3.8, 4) is 11.4 Å². The van der Waals surface area contributed by atoms with Gasteiger partial charge in [-0.3, -0.25) is 4.98 Å². The Morgan fingerprint density at radius 2 is 1.54 bits per heavy atom. The van der Waals surface area contributed by atoms with Crippen molar-refractivity contribution in [2.75, 3.05) is 5.32 Å². The average molecular weight is 316 g/mol. The van der Waals surface area contributed by atoms with Gasteiger partial charge < -0.3 is 5.32 Å². The molecule has 0 aliphatic carbocycles. The molecule has 0 fully saturated rings. The fourth-order valence-corrected chi connectivity index (χ4v) is 2.51. The summed E-state index contributed by atoms with van der Waals surface area (Å²) in [5.74, 6) is 0.635. The highest BCUT2D eigenvalue weighted by atomic mass is 19.1. The van der Waals surface area contributed by atoms with Crippen LogP contribution < -0.4 is 5.32 Å². The minimum Gasteiger partial charge on any atom is -0.340 e. The quantitative estimate of drug-likeness (QED) is 0.601. The molecule has 0 amide bonds. The number of para-hydroxylation sites is 1. The highest BCUT2D eigenvalue weighted by Gasteiger charge is 2.12. The lowest BCUT2D eigenvalue weighted by Gasteiger charge is -2.11. The van der Waals surface area contributed by atoms with E-state index in [-0.39, 0.29) is 5.82 Å². The highest BCUT2D eigenvalue weighted by molar-refractivity contribution is 5.92. The van der Waals surface area contributed by atoms with E-state index >= 15 is 0 Å². The number of nitrogens with one attached hydrogen (secondary N) is 1. The number of hydrogen-bond donors (Lipinski definition) is 1. The van der Waals surface area contributed by atoms with Gasteiger partial charge in [0.05, 0.1) is 11.1 Å². The first-order valence-corrected chi connectivity index (χ1v) is 7.50. The molecule has 0 saturated carbocycles. The highest BCUT2D eigenvalue weighted by Crippen LogP contribution is 2.28. The maximum atomic E-state index is 14.1. The van der Waals surface area contributed by atoms with E-state index in [0.717, 1.165) is 16.6 Å². The minimum atomic E-state index is -0.345. The predicted molar refractivity (Wildman–Crippen MR) is 92.5 cm³/mol. The molecule has 0 bridgehead atoms. The number of hydrogen-bond acceptors (Lipinski definition) is 4. The number of anilines is 2. The van der Waals surface area contributed by atoms with E-state index in [2.05, 4.69) is 20.3 Å². The summed E-state index contributed by atoms with van der Waals surface area (Å²) in [5.41, 5.74) is 1.98. The van der Waals surface area contributed by atoms with Gasteiger partial charge in [-0.05, 0) is 36.4 Å². The van der Waals surface area contributed by atoms with E-state index in [1.54, 1.807) is 30.6 Å². The van der Waals surface area contributed by atoms with Crippen LogP contribution in [0.1, 0.15) is 0 Å². The molecular formula is C19H13FN4. The molecule has 0 spiro atoms. The van der Waals surface area contributed by atoms with Gasteiger partial charge in [0.25, 0.3) is 0 Å². The zero-order valence-electron chi connectivity index (χ0n) is 12.6. The van der Waals surface area contributed by atoms with Crippen molar-refractivity contribution in [3.63, 3.8) is 0 Å². The van der Waals surface area contributed by atoms with E-state index < -0.39 is 0 Å². The maximum Gasteiger partial charge on any atom is 0.165 e. The van der Waals surface area contributed by atoms with Gasteiger partial charge in [0.15, 0.2) is 5.82 Å². The topological polar surface area (TPSA) is 50.7 Å². The van der Waals surface area contributed by atoms with Gasteiger partial charge in [0.2, 0.25) is 0 Å². The van der Waals surface area contributed by atoms with Crippen molar-refractivity contribution in [1.82, 2.24) is 15.0 Å². The fraction of sp³-hybridized carbons (Fsp3) is 0. The Balaban J connectivity index is 1.90. The van der Waals surface area contributed by atoms with Crippen LogP contribution in [0.2, 0.25) is 0 Å². The normalized spacial score (nSPS) is 10.7. The second-order valence-electron chi connectivity index (χ2n) is 5.25. The van der Waals surface area contributed by atoms with Crippen LogP contribution in [-0.4, -0.2) is 15.0 Å². The molecule has 24 heavy (non-hydrogen) atoms. The second kappa shape index (κ2) is 6.04. The summed E-state index contributed by atoms with van der Waals surface area (Å²) in [6.45, 7) is 0. The SMILES string of the molecule is Fc1ccccc1-c1nc(Nc2ccncc2)c2ccccc2n1. The molecule has 4 aromatic rings. The molecule has 0 aliphatic heterocycles. The Hall–Kier alpha value is -3.34. The molecule has 0 aliphatic rings. The van der Waals surface area contributed by atoms with Crippen LogP contribution >= 0.6 is 0 Å². The number of fused-ring (bicyclic) bond motifs is 1. The zero-order chi connectivity index (χ0) is 16.4. The van der Waals surface area contributed by atoms with E-state index in [1.807, 2.05) is 36.4 Å². The van der Waals surface area contributed by atoms with E-state index in [9.17, 15) is 4.39 Å². The van der Waals surface area contributed by atoms with Gasteiger partial charge in [-0.25, -0.2) is 14.4 Å². The Labute approximate surface area is 138 Å². The number of halogens is 1. The zero-order valence-corrected chi connectivity index (χ0v) is 12.6. The molecule has 5 heteroatoms. The number of pyridine rings is 1. The summed E-state index contributed by atoms with van der Waals surface area (Å²) < 4.78 is 14.1. The Morgan fingerprint density at radius 3 is 2.38 bits per heavy atom. The lowest BCUT2D eigenvalue weighted by atomic mass is 10.1.